The van der Waals surface area contributed by atoms with Crippen molar-refractivity contribution in [3.05, 3.63) is 119 Å². The van der Waals surface area contributed by atoms with Crippen LogP contribution < -0.4 is 5.63 Å². The van der Waals surface area contributed by atoms with Gasteiger partial charge in [-0.3, -0.25) is 0 Å². The van der Waals surface area contributed by atoms with E-state index in [-0.39, 0.29) is 5.63 Å². The van der Waals surface area contributed by atoms with Crippen molar-refractivity contribution in [3.63, 3.8) is 0 Å². The van der Waals surface area contributed by atoms with E-state index in [2.05, 4.69) is 42.5 Å². The monoisotopic (exact) mass is 428 g/mol. The third-order valence-corrected chi connectivity index (χ3v) is 6.19. The van der Waals surface area contributed by atoms with E-state index in [1.165, 1.54) is 11.1 Å². The molecule has 0 atom stereocenters. The first-order valence-electron chi connectivity index (χ1n) is 10.9. The zero-order valence-corrected chi connectivity index (χ0v) is 18.0. The van der Waals surface area contributed by atoms with Crippen LogP contribution in [0.25, 0.3) is 55.3 Å². The summed E-state index contributed by atoms with van der Waals surface area (Å²) in [6.07, 6.45) is 1.79. The van der Waals surface area contributed by atoms with Gasteiger partial charge in [0.2, 0.25) is 0 Å². The van der Waals surface area contributed by atoms with E-state index in [4.69, 9.17) is 8.83 Å². The molecule has 158 valence electrons. The summed E-state index contributed by atoms with van der Waals surface area (Å²) in [5.41, 5.74) is 8.03. The maximum atomic E-state index is 12.3. The Morgan fingerprint density at radius 1 is 0.576 bits per heavy atom. The zero-order chi connectivity index (χ0) is 22.4. The molecular formula is C30H20O3. The quantitative estimate of drug-likeness (QED) is 0.270. The lowest BCUT2D eigenvalue weighted by molar-refractivity contribution is 0.557. The van der Waals surface area contributed by atoms with Crippen LogP contribution >= 0.6 is 0 Å². The molecule has 3 nitrogen and oxygen atoms in total. The van der Waals surface area contributed by atoms with Crippen LogP contribution in [0.5, 0.6) is 0 Å². The second-order valence-electron chi connectivity index (χ2n) is 8.19. The molecule has 3 heteroatoms. The Bertz CT molecular complexity index is 1660. The fourth-order valence-corrected chi connectivity index (χ4v) is 4.53. The van der Waals surface area contributed by atoms with Crippen LogP contribution in [0, 0.1) is 6.92 Å². The summed E-state index contributed by atoms with van der Waals surface area (Å²) in [7, 11) is 0. The van der Waals surface area contributed by atoms with Crippen LogP contribution in [0.1, 0.15) is 5.56 Å². The van der Waals surface area contributed by atoms with Crippen LogP contribution in [-0.2, 0) is 0 Å². The van der Waals surface area contributed by atoms with Gasteiger partial charge >= 0.3 is 5.63 Å². The van der Waals surface area contributed by atoms with Gasteiger partial charge in [-0.25, -0.2) is 4.79 Å². The Labute approximate surface area is 190 Å². The molecule has 0 radical (unpaired) electrons. The van der Waals surface area contributed by atoms with Crippen molar-refractivity contribution in [2.45, 2.75) is 6.92 Å². The summed E-state index contributed by atoms with van der Waals surface area (Å²) in [5.74, 6) is 0. The Kier molecular flexibility index (Phi) is 4.48. The molecule has 0 bridgehead atoms. The summed E-state index contributed by atoms with van der Waals surface area (Å²) >= 11 is 0. The molecule has 6 aromatic rings. The van der Waals surface area contributed by atoms with Crippen LogP contribution in [0.4, 0.5) is 0 Å². The first-order valence-corrected chi connectivity index (χ1v) is 10.9. The molecule has 0 aliphatic rings. The second kappa shape index (κ2) is 7.64. The van der Waals surface area contributed by atoms with Gasteiger partial charge in [0.05, 0.1) is 6.26 Å². The molecule has 0 unspecified atom stereocenters. The van der Waals surface area contributed by atoms with Crippen molar-refractivity contribution >= 4 is 21.9 Å². The van der Waals surface area contributed by atoms with E-state index in [1.54, 1.807) is 12.3 Å². The molecular weight excluding hydrogens is 408 g/mol. The lowest BCUT2D eigenvalue weighted by atomic mass is 9.96. The third-order valence-electron chi connectivity index (χ3n) is 6.19. The Hall–Kier alpha value is -4.37. The number of hydrogen-bond acceptors (Lipinski definition) is 3. The maximum absolute atomic E-state index is 12.3. The number of fused-ring (bicyclic) bond motifs is 2. The van der Waals surface area contributed by atoms with E-state index < -0.39 is 0 Å². The normalized spacial score (nSPS) is 11.3. The van der Waals surface area contributed by atoms with Gasteiger partial charge < -0.3 is 8.83 Å². The van der Waals surface area contributed by atoms with Crippen LogP contribution in [0.3, 0.4) is 0 Å². The van der Waals surface area contributed by atoms with Crippen LogP contribution in [0.2, 0.25) is 0 Å². The summed E-state index contributed by atoms with van der Waals surface area (Å²) < 4.78 is 11.6. The van der Waals surface area contributed by atoms with Gasteiger partial charge in [-0.15, -0.1) is 0 Å². The Balaban J connectivity index is 1.56. The minimum absolute atomic E-state index is 0.368. The molecule has 0 saturated heterocycles. The van der Waals surface area contributed by atoms with Crippen LogP contribution in [-0.4, -0.2) is 0 Å². The second-order valence-corrected chi connectivity index (χ2v) is 8.19. The van der Waals surface area contributed by atoms with Gasteiger partial charge in [-0.05, 0) is 40.8 Å². The highest BCUT2D eigenvalue weighted by atomic mass is 16.4. The molecule has 0 aliphatic heterocycles. The number of rotatable bonds is 3. The highest BCUT2D eigenvalue weighted by Gasteiger charge is 2.18. The molecule has 0 saturated carbocycles. The minimum Gasteiger partial charge on any atom is -0.463 e. The molecule has 6 rings (SSSR count). The third kappa shape index (κ3) is 3.26. The molecule has 0 amide bonds. The van der Waals surface area contributed by atoms with Crippen LogP contribution in [0.15, 0.2) is 117 Å². The van der Waals surface area contributed by atoms with E-state index in [1.807, 2.05) is 55.5 Å². The standard InChI is InChI=1S/C30H20O3/c1-19-29-26(16-25-24(17-28(31)33-30(19)25)22-10-6-3-7-11-22)27(18-32-29)23-14-12-21(13-15-23)20-8-4-2-5-9-20/h2-18H,1H3. The average molecular weight is 428 g/mol. The average Bonchev–Trinajstić information content (AvgIpc) is 3.30. The summed E-state index contributed by atoms with van der Waals surface area (Å²) in [6.45, 7) is 1.94. The number of hydrogen-bond donors (Lipinski definition) is 0. The molecule has 0 aliphatic carbocycles. The predicted molar refractivity (Wildman–Crippen MR) is 133 cm³/mol. The van der Waals surface area contributed by atoms with Crippen molar-refractivity contribution in [3.8, 4) is 33.4 Å². The summed E-state index contributed by atoms with van der Waals surface area (Å²) in [4.78, 5) is 12.3. The predicted octanol–water partition coefficient (Wildman–Crippen LogP) is 7.85. The van der Waals surface area contributed by atoms with E-state index in [0.29, 0.717) is 5.58 Å². The summed E-state index contributed by atoms with van der Waals surface area (Å²) in [6, 6.07) is 32.4. The van der Waals surface area contributed by atoms with E-state index in [9.17, 15) is 4.79 Å². The van der Waals surface area contributed by atoms with Crippen molar-refractivity contribution in [2.24, 2.45) is 0 Å². The lowest BCUT2D eigenvalue weighted by Gasteiger charge is -2.09. The Morgan fingerprint density at radius 2 is 1.12 bits per heavy atom. The molecule has 0 fully saturated rings. The number of furan rings is 1. The smallest absolute Gasteiger partial charge is 0.336 e. The topological polar surface area (TPSA) is 43.4 Å². The highest BCUT2D eigenvalue weighted by Crippen LogP contribution is 2.39. The molecule has 0 N–H and O–H groups in total. The first kappa shape index (κ1) is 19.3. The summed E-state index contributed by atoms with van der Waals surface area (Å²) in [5, 5.41) is 1.90. The first-order chi connectivity index (χ1) is 16.2. The van der Waals surface area contributed by atoms with E-state index >= 15 is 0 Å². The van der Waals surface area contributed by atoms with Gasteiger partial charge in [-0.1, -0.05) is 84.9 Å². The van der Waals surface area contributed by atoms with E-state index in [0.717, 1.165) is 44.2 Å². The maximum Gasteiger partial charge on any atom is 0.336 e. The molecule has 33 heavy (non-hydrogen) atoms. The fourth-order valence-electron chi connectivity index (χ4n) is 4.53. The zero-order valence-electron chi connectivity index (χ0n) is 18.0. The Morgan fingerprint density at radius 3 is 1.82 bits per heavy atom. The fraction of sp³-hybridized carbons (Fsp3) is 0.0333. The minimum atomic E-state index is -0.368. The number of aryl methyl sites for hydroxylation is 1. The van der Waals surface area contributed by atoms with Crippen molar-refractivity contribution < 1.29 is 8.83 Å². The van der Waals surface area contributed by atoms with Gasteiger partial charge in [-0.2, -0.15) is 0 Å². The van der Waals surface area contributed by atoms with Gasteiger partial charge in [0.1, 0.15) is 11.2 Å². The highest BCUT2D eigenvalue weighted by molar-refractivity contribution is 6.08. The molecule has 2 aromatic heterocycles. The van der Waals surface area contributed by atoms with Gasteiger partial charge in [0.15, 0.2) is 0 Å². The van der Waals surface area contributed by atoms with Crippen molar-refractivity contribution in [2.75, 3.05) is 0 Å². The largest absolute Gasteiger partial charge is 0.463 e. The van der Waals surface area contributed by atoms with Gasteiger partial charge in [0, 0.05) is 28.0 Å². The van der Waals surface area contributed by atoms with Crippen molar-refractivity contribution in [1.82, 2.24) is 0 Å². The lowest BCUT2D eigenvalue weighted by Crippen LogP contribution is -1.99. The SMILES string of the molecule is Cc1c2occ(-c3ccc(-c4ccccc4)cc3)c2cc2c(-c3ccccc3)cc(=O)oc12. The molecule has 0 spiro atoms. The molecule has 4 aromatic carbocycles. The van der Waals surface area contributed by atoms with Crippen molar-refractivity contribution in [1.29, 1.82) is 0 Å². The molecule has 2 heterocycles. The number of benzene rings is 4. The van der Waals surface area contributed by atoms with Gasteiger partial charge in [0.25, 0.3) is 0 Å².